The molecule has 1 amide bonds. The van der Waals surface area contributed by atoms with Crippen molar-refractivity contribution >= 4 is 21.4 Å². The minimum absolute atomic E-state index is 0.0605. The Morgan fingerprint density at radius 3 is 2.70 bits per heavy atom. The first-order valence-corrected chi connectivity index (χ1v) is 8.72. The van der Waals surface area contributed by atoms with Crippen LogP contribution in [0.3, 0.4) is 0 Å². The molecular formula is C15H21NO3S. The fraction of sp³-hybridized carbons (Fsp3) is 0.533. The molecule has 4 nitrogen and oxygen atoms in total. The van der Waals surface area contributed by atoms with Crippen LogP contribution in [-0.2, 0) is 14.6 Å². The predicted octanol–water partition coefficient (Wildman–Crippen LogP) is 2.35. The summed E-state index contributed by atoms with van der Waals surface area (Å²) in [7, 11) is -3.36. The molecule has 0 spiro atoms. The third-order valence-electron chi connectivity index (χ3n) is 3.86. The Morgan fingerprint density at radius 2 is 2.05 bits per heavy atom. The molecule has 1 aliphatic rings. The Balaban J connectivity index is 2.28. The van der Waals surface area contributed by atoms with Crippen LogP contribution in [0.25, 0.3) is 0 Å². The van der Waals surface area contributed by atoms with Gasteiger partial charge in [0.15, 0.2) is 9.84 Å². The average Bonchev–Trinajstić information content (AvgIpc) is 2.75. The van der Waals surface area contributed by atoms with Gasteiger partial charge in [-0.25, -0.2) is 8.42 Å². The number of fused-ring (bicyclic) bond motifs is 1. The Kier molecular flexibility index (Phi) is 4.18. The molecular weight excluding hydrogens is 274 g/mol. The molecule has 0 radical (unpaired) electrons. The SMILES string of the molecule is CCCS(=O)(=O)C(C)C(=O)N1CC(C)c2ccccc21. The first-order chi connectivity index (χ1) is 9.38. The lowest BCUT2D eigenvalue weighted by Gasteiger charge is -2.22. The van der Waals surface area contributed by atoms with Gasteiger partial charge in [0.25, 0.3) is 0 Å². The molecule has 0 bridgehead atoms. The maximum atomic E-state index is 12.5. The highest BCUT2D eigenvalue weighted by Gasteiger charge is 2.36. The molecule has 2 unspecified atom stereocenters. The van der Waals surface area contributed by atoms with Gasteiger partial charge < -0.3 is 4.90 Å². The molecule has 1 heterocycles. The summed E-state index contributed by atoms with van der Waals surface area (Å²) in [6, 6.07) is 7.71. The summed E-state index contributed by atoms with van der Waals surface area (Å²) >= 11 is 0. The quantitative estimate of drug-likeness (QED) is 0.857. The summed E-state index contributed by atoms with van der Waals surface area (Å²) in [6.45, 7) is 5.92. The minimum Gasteiger partial charge on any atom is -0.310 e. The molecule has 0 aliphatic carbocycles. The smallest absolute Gasteiger partial charge is 0.245 e. The van der Waals surface area contributed by atoms with E-state index in [9.17, 15) is 13.2 Å². The van der Waals surface area contributed by atoms with Gasteiger partial charge in [-0.3, -0.25) is 4.79 Å². The highest BCUT2D eigenvalue weighted by Crippen LogP contribution is 2.36. The zero-order chi connectivity index (χ0) is 14.9. The topological polar surface area (TPSA) is 54.5 Å². The number of para-hydroxylation sites is 1. The second-order valence-corrected chi connectivity index (χ2v) is 7.86. The van der Waals surface area contributed by atoms with E-state index in [-0.39, 0.29) is 17.6 Å². The Labute approximate surface area is 120 Å². The van der Waals surface area contributed by atoms with Crippen LogP contribution >= 0.6 is 0 Å². The first-order valence-electron chi connectivity index (χ1n) is 7.00. The number of amides is 1. The molecule has 0 saturated heterocycles. The van der Waals surface area contributed by atoms with Crippen molar-refractivity contribution < 1.29 is 13.2 Å². The molecule has 5 heteroatoms. The predicted molar refractivity (Wildman–Crippen MR) is 80.7 cm³/mol. The Morgan fingerprint density at radius 1 is 1.40 bits per heavy atom. The van der Waals surface area contributed by atoms with Gasteiger partial charge in [-0.2, -0.15) is 0 Å². The number of nitrogens with zero attached hydrogens (tertiary/aromatic N) is 1. The minimum atomic E-state index is -3.36. The molecule has 1 aliphatic heterocycles. The largest absolute Gasteiger partial charge is 0.310 e. The monoisotopic (exact) mass is 295 g/mol. The van der Waals surface area contributed by atoms with Crippen LogP contribution in [0.2, 0.25) is 0 Å². The molecule has 0 N–H and O–H groups in total. The zero-order valence-corrected chi connectivity index (χ0v) is 13.0. The van der Waals surface area contributed by atoms with Crippen molar-refractivity contribution in [2.75, 3.05) is 17.2 Å². The number of rotatable bonds is 4. The van der Waals surface area contributed by atoms with Crippen molar-refractivity contribution in [3.63, 3.8) is 0 Å². The normalized spacial score (nSPS) is 19.8. The second-order valence-electron chi connectivity index (χ2n) is 5.42. The molecule has 0 saturated carbocycles. The van der Waals surface area contributed by atoms with E-state index in [1.807, 2.05) is 31.2 Å². The fourth-order valence-corrected chi connectivity index (χ4v) is 4.02. The summed E-state index contributed by atoms with van der Waals surface area (Å²) in [5, 5.41) is -0.971. The molecule has 2 atom stereocenters. The standard InChI is InChI=1S/C15H21NO3S/c1-4-9-20(18,19)12(3)15(17)16-10-11(2)13-7-5-6-8-14(13)16/h5-8,11-12H,4,9-10H2,1-3H3. The van der Waals surface area contributed by atoms with Crippen LogP contribution in [0.15, 0.2) is 24.3 Å². The highest BCUT2D eigenvalue weighted by molar-refractivity contribution is 7.92. The van der Waals surface area contributed by atoms with Crippen molar-refractivity contribution in [3.8, 4) is 0 Å². The van der Waals surface area contributed by atoms with E-state index in [4.69, 9.17) is 0 Å². The second kappa shape index (κ2) is 5.56. The van der Waals surface area contributed by atoms with Crippen LogP contribution in [0.1, 0.15) is 38.7 Å². The molecule has 0 fully saturated rings. The summed E-state index contributed by atoms with van der Waals surface area (Å²) < 4.78 is 24.1. The van der Waals surface area contributed by atoms with E-state index < -0.39 is 15.1 Å². The van der Waals surface area contributed by atoms with Crippen LogP contribution in [0, 0.1) is 0 Å². The molecule has 20 heavy (non-hydrogen) atoms. The Bertz CT molecular complexity index is 609. The van der Waals surface area contributed by atoms with Crippen LogP contribution in [0.4, 0.5) is 5.69 Å². The fourth-order valence-electron chi connectivity index (χ4n) is 2.66. The molecule has 1 aromatic rings. The van der Waals surface area contributed by atoms with Gasteiger partial charge in [0, 0.05) is 18.2 Å². The van der Waals surface area contributed by atoms with Gasteiger partial charge in [0.2, 0.25) is 5.91 Å². The number of benzene rings is 1. The van der Waals surface area contributed by atoms with Crippen molar-refractivity contribution in [2.24, 2.45) is 0 Å². The lowest BCUT2D eigenvalue weighted by molar-refractivity contribution is -0.117. The van der Waals surface area contributed by atoms with Crippen molar-refractivity contribution in [1.82, 2.24) is 0 Å². The molecule has 110 valence electrons. The third-order valence-corrected chi connectivity index (χ3v) is 6.11. The summed E-state index contributed by atoms with van der Waals surface area (Å²) in [6.07, 6.45) is 0.535. The summed E-state index contributed by atoms with van der Waals surface area (Å²) in [5.74, 6) is -0.00298. The zero-order valence-electron chi connectivity index (χ0n) is 12.2. The van der Waals surface area contributed by atoms with Crippen LogP contribution in [0.5, 0.6) is 0 Å². The van der Waals surface area contributed by atoms with E-state index >= 15 is 0 Å². The molecule has 0 aromatic heterocycles. The van der Waals surface area contributed by atoms with E-state index in [1.165, 1.54) is 6.92 Å². The van der Waals surface area contributed by atoms with Gasteiger partial charge >= 0.3 is 0 Å². The maximum absolute atomic E-state index is 12.5. The number of anilines is 1. The van der Waals surface area contributed by atoms with Crippen LogP contribution in [-0.4, -0.2) is 31.9 Å². The van der Waals surface area contributed by atoms with E-state index in [1.54, 1.807) is 4.90 Å². The highest BCUT2D eigenvalue weighted by atomic mass is 32.2. The van der Waals surface area contributed by atoms with Gasteiger partial charge in [0.1, 0.15) is 5.25 Å². The summed E-state index contributed by atoms with van der Waals surface area (Å²) in [4.78, 5) is 14.1. The van der Waals surface area contributed by atoms with Crippen LogP contribution < -0.4 is 4.90 Å². The van der Waals surface area contributed by atoms with Gasteiger partial charge in [0.05, 0.1) is 5.75 Å². The van der Waals surface area contributed by atoms with Gasteiger partial charge in [-0.1, -0.05) is 32.0 Å². The number of carbonyl (C=O) groups is 1. The number of hydrogen-bond acceptors (Lipinski definition) is 3. The third kappa shape index (κ3) is 2.59. The van der Waals surface area contributed by atoms with E-state index in [0.29, 0.717) is 13.0 Å². The number of carbonyl (C=O) groups excluding carboxylic acids is 1. The van der Waals surface area contributed by atoms with Crippen molar-refractivity contribution in [2.45, 2.75) is 38.4 Å². The molecule has 2 rings (SSSR count). The van der Waals surface area contributed by atoms with Crippen molar-refractivity contribution in [3.05, 3.63) is 29.8 Å². The lowest BCUT2D eigenvalue weighted by Crippen LogP contribution is -2.41. The number of hydrogen-bond donors (Lipinski definition) is 0. The molecule has 1 aromatic carbocycles. The summed E-state index contributed by atoms with van der Waals surface area (Å²) in [5.41, 5.74) is 1.96. The average molecular weight is 295 g/mol. The van der Waals surface area contributed by atoms with Gasteiger partial charge in [-0.15, -0.1) is 0 Å². The van der Waals surface area contributed by atoms with E-state index in [2.05, 4.69) is 6.92 Å². The maximum Gasteiger partial charge on any atom is 0.245 e. The first kappa shape index (κ1) is 15.0. The Hall–Kier alpha value is -1.36. The van der Waals surface area contributed by atoms with Crippen molar-refractivity contribution in [1.29, 1.82) is 0 Å². The van der Waals surface area contributed by atoms with E-state index in [0.717, 1.165) is 11.3 Å². The number of sulfone groups is 1. The lowest BCUT2D eigenvalue weighted by atomic mass is 10.0. The van der Waals surface area contributed by atoms with Gasteiger partial charge in [-0.05, 0) is 25.0 Å².